The van der Waals surface area contributed by atoms with Crippen molar-refractivity contribution in [2.75, 3.05) is 7.11 Å². The summed E-state index contributed by atoms with van der Waals surface area (Å²) < 4.78 is 7.55. The van der Waals surface area contributed by atoms with E-state index in [1.807, 2.05) is 36.4 Å². The molecule has 0 aliphatic carbocycles. The van der Waals surface area contributed by atoms with E-state index in [1.165, 1.54) is 0 Å². The maximum atomic E-state index is 12.9. The van der Waals surface area contributed by atoms with Crippen molar-refractivity contribution in [2.45, 2.75) is 6.92 Å². The fourth-order valence-corrected chi connectivity index (χ4v) is 3.35. The molecular formula is C19H17BrN6O2. The van der Waals surface area contributed by atoms with Crippen LogP contribution in [0, 0.1) is 6.92 Å². The number of halogens is 1. The second-order valence-corrected chi connectivity index (χ2v) is 6.89. The van der Waals surface area contributed by atoms with E-state index in [9.17, 15) is 4.79 Å². The van der Waals surface area contributed by atoms with Crippen LogP contribution in [-0.2, 0) is 4.74 Å². The lowest BCUT2D eigenvalue weighted by molar-refractivity contribution is 0.0953. The van der Waals surface area contributed by atoms with Crippen LogP contribution in [0.3, 0.4) is 0 Å². The van der Waals surface area contributed by atoms with Gasteiger partial charge in [0.1, 0.15) is 5.82 Å². The van der Waals surface area contributed by atoms with Crippen LogP contribution >= 0.6 is 15.9 Å². The second-order valence-electron chi connectivity index (χ2n) is 6.03. The van der Waals surface area contributed by atoms with Gasteiger partial charge in [-0.3, -0.25) is 15.6 Å². The van der Waals surface area contributed by atoms with Gasteiger partial charge >= 0.3 is 0 Å². The summed E-state index contributed by atoms with van der Waals surface area (Å²) >= 11 is 3.54. The zero-order chi connectivity index (χ0) is 19.7. The maximum Gasteiger partial charge on any atom is 0.277 e. The van der Waals surface area contributed by atoms with Gasteiger partial charge < -0.3 is 10.1 Å². The first-order valence-corrected chi connectivity index (χ1v) is 9.27. The summed E-state index contributed by atoms with van der Waals surface area (Å²) in [6.45, 7) is 1.78. The third kappa shape index (κ3) is 3.31. The molecule has 0 saturated carbocycles. The predicted molar refractivity (Wildman–Crippen MR) is 108 cm³/mol. The average Bonchev–Trinajstić information content (AvgIpc) is 3.04. The Morgan fingerprint density at radius 2 is 2.00 bits per heavy atom. The highest BCUT2D eigenvalue weighted by Crippen LogP contribution is 2.26. The molecule has 28 heavy (non-hydrogen) atoms. The molecule has 8 nitrogen and oxygen atoms in total. The van der Waals surface area contributed by atoms with Gasteiger partial charge in [0.15, 0.2) is 11.3 Å². The van der Waals surface area contributed by atoms with Gasteiger partial charge in [-0.05, 0) is 31.2 Å². The Morgan fingerprint density at radius 3 is 2.71 bits per heavy atom. The molecule has 4 rings (SSSR count). The zero-order valence-corrected chi connectivity index (χ0v) is 16.7. The summed E-state index contributed by atoms with van der Waals surface area (Å²) in [7, 11) is 1.55. The van der Waals surface area contributed by atoms with Crippen molar-refractivity contribution in [3.63, 3.8) is 0 Å². The van der Waals surface area contributed by atoms with Crippen LogP contribution in [0.1, 0.15) is 16.2 Å². The number of rotatable bonds is 4. The van der Waals surface area contributed by atoms with Gasteiger partial charge in [-0.15, -0.1) is 0 Å². The quantitative estimate of drug-likeness (QED) is 0.577. The lowest BCUT2D eigenvalue weighted by Gasteiger charge is -2.18. The molecular weight excluding hydrogens is 424 g/mol. The molecule has 3 heterocycles. The molecule has 142 valence electrons. The second kappa shape index (κ2) is 7.35. The molecule has 9 heteroatoms. The summed E-state index contributed by atoms with van der Waals surface area (Å²) in [6.07, 6.45) is 3.41. The molecule has 0 fully saturated rings. The number of benzene rings is 1. The van der Waals surface area contributed by atoms with Gasteiger partial charge in [-0.2, -0.15) is 5.10 Å². The van der Waals surface area contributed by atoms with Crippen molar-refractivity contribution >= 4 is 27.5 Å². The molecule has 0 bridgehead atoms. The van der Waals surface area contributed by atoms with Crippen LogP contribution < -0.4 is 16.2 Å². The molecule has 0 unspecified atom stereocenters. The molecule has 1 amide bonds. The average molecular weight is 441 g/mol. The number of hydrogen-bond donors (Lipinski definition) is 3. The van der Waals surface area contributed by atoms with Crippen LogP contribution in [0.4, 0.5) is 0 Å². The van der Waals surface area contributed by atoms with Gasteiger partial charge in [-0.1, -0.05) is 34.1 Å². The minimum absolute atomic E-state index is 0.323. The largest absolute Gasteiger partial charge is 0.481 e. The van der Waals surface area contributed by atoms with E-state index >= 15 is 0 Å². The number of methoxy groups -OCH3 is 1. The number of aromatic nitrogens is 3. The molecule has 2 aromatic heterocycles. The van der Waals surface area contributed by atoms with Crippen molar-refractivity contribution in [1.82, 2.24) is 30.8 Å². The van der Waals surface area contributed by atoms with E-state index in [4.69, 9.17) is 4.74 Å². The minimum atomic E-state index is -0.323. The highest BCUT2D eigenvalue weighted by molar-refractivity contribution is 9.10. The number of hydrazine groups is 1. The summed E-state index contributed by atoms with van der Waals surface area (Å²) in [4.78, 5) is 17.3. The number of ether oxygens (including phenoxy) is 1. The van der Waals surface area contributed by atoms with Crippen LogP contribution in [0.5, 0.6) is 0 Å². The van der Waals surface area contributed by atoms with Crippen molar-refractivity contribution in [1.29, 1.82) is 0 Å². The summed E-state index contributed by atoms with van der Waals surface area (Å²) in [5.41, 5.74) is 8.90. The van der Waals surface area contributed by atoms with Gasteiger partial charge in [0.2, 0.25) is 5.88 Å². The monoisotopic (exact) mass is 440 g/mol. The van der Waals surface area contributed by atoms with Crippen LogP contribution in [0.25, 0.3) is 16.9 Å². The lowest BCUT2D eigenvalue weighted by atomic mass is 10.1. The number of amides is 1. The van der Waals surface area contributed by atoms with Crippen molar-refractivity contribution in [3.8, 4) is 11.3 Å². The fourth-order valence-electron chi connectivity index (χ4n) is 2.86. The van der Waals surface area contributed by atoms with E-state index in [1.54, 1.807) is 30.7 Å². The topological polar surface area (TPSA) is 92.6 Å². The van der Waals surface area contributed by atoms with Gasteiger partial charge in [0, 0.05) is 16.1 Å². The first-order chi connectivity index (χ1) is 13.6. The zero-order valence-electron chi connectivity index (χ0n) is 15.2. The van der Waals surface area contributed by atoms with Crippen molar-refractivity contribution in [2.24, 2.45) is 0 Å². The highest BCUT2D eigenvalue weighted by atomic mass is 79.9. The number of fused-ring (bicyclic) bond motifs is 1. The molecule has 1 aliphatic heterocycles. The third-order valence-corrected chi connectivity index (χ3v) is 4.90. The first-order valence-electron chi connectivity index (χ1n) is 8.47. The number of carbonyl (C=O) groups excluding carboxylic acids is 1. The predicted octanol–water partition coefficient (Wildman–Crippen LogP) is 2.63. The number of hydrogen-bond acceptors (Lipinski definition) is 6. The molecule has 1 aromatic carbocycles. The highest BCUT2D eigenvalue weighted by Gasteiger charge is 2.20. The Kier molecular flexibility index (Phi) is 4.74. The summed E-state index contributed by atoms with van der Waals surface area (Å²) in [6, 6.07) is 11.5. The van der Waals surface area contributed by atoms with E-state index in [2.05, 4.69) is 42.2 Å². The van der Waals surface area contributed by atoms with Crippen molar-refractivity contribution < 1.29 is 9.53 Å². The van der Waals surface area contributed by atoms with Gasteiger partial charge in [0.25, 0.3) is 5.91 Å². The molecule has 0 spiro atoms. The van der Waals surface area contributed by atoms with Crippen molar-refractivity contribution in [3.05, 3.63) is 76.1 Å². The van der Waals surface area contributed by atoms with Gasteiger partial charge in [-0.25, -0.2) is 9.50 Å². The Balaban J connectivity index is 1.71. The fraction of sp³-hybridized carbons (Fsp3) is 0.105. The van der Waals surface area contributed by atoms with E-state index in [0.29, 0.717) is 28.7 Å². The Labute approximate surface area is 169 Å². The molecule has 0 atom stereocenters. The number of imidazole rings is 1. The van der Waals surface area contributed by atoms with Crippen LogP contribution in [0.15, 0.2) is 64.7 Å². The van der Waals surface area contributed by atoms with Gasteiger partial charge in [0.05, 0.1) is 18.5 Å². The smallest absolute Gasteiger partial charge is 0.277 e. The van der Waals surface area contributed by atoms with E-state index in [0.717, 1.165) is 15.7 Å². The molecule has 3 N–H and O–H groups in total. The number of nitrogens with zero attached hydrogens (tertiary/aromatic N) is 3. The number of carbonyl (C=O) groups is 1. The van der Waals surface area contributed by atoms with E-state index < -0.39 is 0 Å². The van der Waals surface area contributed by atoms with Crippen LogP contribution in [0.2, 0.25) is 0 Å². The number of allylic oxidation sites excluding steroid dienone is 2. The maximum absolute atomic E-state index is 12.9. The Morgan fingerprint density at radius 1 is 1.18 bits per heavy atom. The summed E-state index contributed by atoms with van der Waals surface area (Å²) in [5.74, 6) is 0.711. The standard InChI is InChI=1S/C19H17BrN6O2/c1-11-18(19(27)22-15-8-10-17(28-2)24-23-15)26-16(21-11)9-7-14(25-26)12-5-3-4-6-13(12)20/h3-10,23-24H,1-2H3,(H,22,27). The Bertz CT molecular complexity index is 1130. The number of aryl methyl sites for hydroxylation is 1. The number of nitrogens with one attached hydrogen (secondary N) is 3. The van der Waals surface area contributed by atoms with Crippen LogP contribution in [-0.4, -0.2) is 27.6 Å². The molecule has 1 aliphatic rings. The first kappa shape index (κ1) is 18.1. The third-order valence-electron chi connectivity index (χ3n) is 4.21. The molecule has 0 saturated heterocycles. The minimum Gasteiger partial charge on any atom is -0.481 e. The lowest BCUT2D eigenvalue weighted by Crippen LogP contribution is -2.41. The molecule has 0 radical (unpaired) electrons. The Hall–Kier alpha value is -3.33. The molecule has 3 aromatic rings. The van der Waals surface area contributed by atoms with E-state index in [-0.39, 0.29) is 5.91 Å². The normalized spacial score (nSPS) is 13.2. The summed E-state index contributed by atoms with van der Waals surface area (Å²) in [5, 5.41) is 7.45. The SMILES string of the molecule is COC1=CC=C(NC(=O)c2c(C)nc3ccc(-c4ccccc4Br)nn23)NN1.